The second-order valence-electron chi connectivity index (χ2n) is 3.24. The Kier molecular flexibility index (Phi) is 19.3. The van der Waals surface area contributed by atoms with E-state index in [9.17, 15) is 4.79 Å². The fourth-order valence-corrected chi connectivity index (χ4v) is 1.81. The summed E-state index contributed by atoms with van der Waals surface area (Å²) < 4.78 is 22.5. The maximum atomic E-state index is 11.2. The Bertz CT molecular complexity index is 497. The topological polar surface area (TPSA) is 88.8 Å². The quantitative estimate of drug-likeness (QED) is 0.626. The Morgan fingerprint density at radius 3 is 2.10 bits per heavy atom. The summed E-state index contributed by atoms with van der Waals surface area (Å²) >= 11 is 6.03. The first-order valence-electron chi connectivity index (χ1n) is 5.08. The number of ketones is 1. The van der Waals surface area contributed by atoms with Crippen LogP contribution in [0.15, 0.2) is 36.5 Å². The molecule has 0 unspecified atom stereocenters. The zero-order valence-electron chi connectivity index (χ0n) is 10.7. The van der Waals surface area contributed by atoms with Crippen molar-refractivity contribution in [2.45, 2.75) is 12.5 Å². The Balaban J connectivity index is -0.000000414. The van der Waals surface area contributed by atoms with Crippen molar-refractivity contribution in [2.75, 3.05) is 0 Å². The standard InChI is InChI=1S/C11H10ClNO.3CO.Cr/c12-10-4-2-1-3-9(10)11-7-8(14)5-6-13-11;3*1-2;/h1-6,11,13H,7H2;;;;/t11-;;;;/m1..../s1. The minimum Gasteiger partial charge on any atom is 0 e. The van der Waals surface area contributed by atoms with Crippen molar-refractivity contribution in [1.82, 2.24) is 5.32 Å². The number of carbonyl (C=O) groups excluding carboxylic acids is 1. The van der Waals surface area contributed by atoms with Crippen LogP contribution in [-0.2, 0) is 36.1 Å². The van der Waals surface area contributed by atoms with Crippen molar-refractivity contribution in [2.24, 2.45) is 0 Å². The summed E-state index contributed by atoms with van der Waals surface area (Å²) in [6.45, 7) is 13.5. The molecule has 1 aliphatic rings. The first kappa shape index (κ1) is 24.5. The van der Waals surface area contributed by atoms with Crippen LogP contribution in [0.3, 0.4) is 0 Å². The van der Waals surface area contributed by atoms with Crippen molar-refractivity contribution in [3.63, 3.8) is 0 Å². The number of hydrogen-bond donors (Lipinski definition) is 1. The molecule has 0 radical (unpaired) electrons. The third-order valence-corrected chi connectivity index (χ3v) is 2.60. The Morgan fingerprint density at radius 1 is 1.10 bits per heavy atom. The molecule has 1 aliphatic heterocycles. The molecule has 1 aromatic carbocycles. The first-order chi connectivity index (χ1) is 9.77. The molecule has 0 fully saturated rings. The number of rotatable bonds is 1. The average Bonchev–Trinajstić information content (AvgIpc) is 2.54. The molecule has 0 bridgehead atoms. The smallest absolute Gasteiger partial charge is 0 e. The number of carbonyl (C=O) groups is 1. The molecule has 0 spiro atoms. The van der Waals surface area contributed by atoms with Gasteiger partial charge in [-0.25, -0.2) is 0 Å². The van der Waals surface area contributed by atoms with Gasteiger partial charge in [0.2, 0.25) is 0 Å². The van der Waals surface area contributed by atoms with Crippen LogP contribution in [0, 0.1) is 20.0 Å². The van der Waals surface area contributed by atoms with E-state index in [4.69, 9.17) is 25.6 Å². The predicted molar refractivity (Wildman–Crippen MR) is 67.9 cm³/mol. The normalized spacial score (nSPS) is 14.0. The molecule has 108 valence electrons. The SMILES string of the molecule is O=C1C=CN[C@@H](c2ccccc2Cl)C1.[C-]#[O+].[C-]#[O+].[C-]#[O+].[Cr]. The van der Waals surface area contributed by atoms with E-state index in [1.807, 2.05) is 24.3 Å². The van der Waals surface area contributed by atoms with Crippen molar-refractivity contribution < 1.29 is 36.1 Å². The molecule has 0 amide bonds. The molecular weight excluding hydrogens is 334 g/mol. The van der Waals surface area contributed by atoms with Crippen LogP contribution in [0.2, 0.25) is 5.02 Å². The van der Waals surface area contributed by atoms with Gasteiger partial charge in [-0.15, -0.1) is 0 Å². The van der Waals surface area contributed by atoms with E-state index >= 15 is 0 Å². The fourth-order valence-electron chi connectivity index (χ4n) is 1.54. The molecule has 1 heterocycles. The van der Waals surface area contributed by atoms with Crippen LogP contribution >= 0.6 is 11.6 Å². The predicted octanol–water partition coefficient (Wildman–Crippen LogP) is 2.34. The monoisotopic (exact) mass is 343 g/mol. The minimum absolute atomic E-state index is 0. The summed E-state index contributed by atoms with van der Waals surface area (Å²) in [5.41, 5.74) is 0.979. The summed E-state index contributed by atoms with van der Waals surface area (Å²) in [6.07, 6.45) is 3.70. The van der Waals surface area contributed by atoms with Gasteiger partial charge in [-0.1, -0.05) is 29.8 Å². The van der Waals surface area contributed by atoms with E-state index in [2.05, 4.69) is 25.3 Å². The molecule has 0 aliphatic carbocycles. The molecule has 5 nitrogen and oxygen atoms in total. The molecule has 7 heteroatoms. The molecule has 1 aromatic rings. The van der Waals surface area contributed by atoms with Gasteiger partial charge in [0, 0.05) is 35.0 Å². The number of hydrogen-bond acceptors (Lipinski definition) is 2. The summed E-state index contributed by atoms with van der Waals surface area (Å²) in [7, 11) is 0. The Hall–Kier alpha value is -1.53. The zero-order valence-corrected chi connectivity index (χ0v) is 12.7. The van der Waals surface area contributed by atoms with E-state index in [0.717, 1.165) is 5.56 Å². The molecule has 0 aromatic heterocycles. The van der Waals surface area contributed by atoms with Crippen molar-refractivity contribution in [3.8, 4) is 0 Å². The van der Waals surface area contributed by atoms with Gasteiger partial charge >= 0.3 is 33.9 Å². The molecule has 0 saturated carbocycles. The molecule has 2 rings (SSSR count). The van der Waals surface area contributed by atoms with E-state index in [1.165, 1.54) is 0 Å². The van der Waals surface area contributed by atoms with E-state index in [1.54, 1.807) is 12.3 Å². The molecular formula is C14H10ClCrNO4. The van der Waals surface area contributed by atoms with Crippen LogP contribution in [-0.4, -0.2) is 5.78 Å². The second-order valence-corrected chi connectivity index (χ2v) is 3.65. The van der Waals surface area contributed by atoms with Crippen LogP contribution in [0.4, 0.5) is 0 Å². The Morgan fingerprint density at radius 2 is 1.62 bits per heavy atom. The number of halogens is 1. The molecule has 21 heavy (non-hydrogen) atoms. The van der Waals surface area contributed by atoms with Crippen molar-refractivity contribution >= 4 is 17.4 Å². The van der Waals surface area contributed by atoms with Gasteiger partial charge in [0.05, 0.1) is 6.04 Å². The largest absolute Gasteiger partial charge is 0 e. The fraction of sp³-hybridized carbons (Fsp3) is 0.143. The van der Waals surface area contributed by atoms with Crippen LogP contribution in [0.5, 0.6) is 0 Å². The maximum absolute atomic E-state index is 11.2. The van der Waals surface area contributed by atoms with Gasteiger partial charge in [-0.3, -0.25) is 4.79 Å². The minimum atomic E-state index is 0. The maximum Gasteiger partial charge on any atom is 0 e. The molecule has 0 saturated heterocycles. The van der Waals surface area contributed by atoms with Crippen LogP contribution < -0.4 is 5.32 Å². The van der Waals surface area contributed by atoms with Crippen LogP contribution in [0.25, 0.3) is 0 Å². The zero-order chi connectivity index (χ0) is 16.0. The average molecular weight is 344 g/mol. The summed E-state index contributed by atoms with van der Waals surface area (Å²) in [5, 5.41) is 3.82. The van der Waals surface area contributed by atoms with Crippen molar-refractivity contribution in [3.05, 3.63) is 67.1 Å². The third kappa shape index (κ3) is 9.10. The second kappa shape index (κ2) is 16.5. The van der Waals surface area contributed by atoms with Gasteiger partial charge in [-0.2, -0.15) is 0 Å². The Labute approximate surface area is 138 Å². The van der Waals surface area contributed by atoms with Crippen molar-refractivity contribution in [1.29, 1.82) is 0 Å². The van der Waals surface area contributed by atoms with Gasteiger partial charge in [0.25, 0.3) is 0 Å². The van der Waals surface area contributed by atoms with E-state index in [-0.39, 0.29) is 29.2 Å². The summed E-state index contributed by atoms with van der Waals surface area (Å²) in [5.74, 6) is 0.133. The van der Waals surface area contributed by atoms with Gasteiger partial charge in [0.1, 0.15) is 0 Å². The number of allylic oxidation sites excluding steroid dienone is 1. The van der Waals surface area contributed by atoms with Crippen LogP contribution in [0.1, 0.15) is 18.0 Å². The van der Waals surface area contributed by atoms with Gasteiger partial charge in [0.15, 0.2) is 5.78 Å². The molecule has 1 atom stereocenters. The van der Waals surface area contributed by atoms with Gasteiger partial charge < -0.3 is 5.32 Å². The first-order valence-corrected chi connectivity index (χ1v) is 5.46. The summed E-state index contributed by atoms with van der Waals surface area (Å²) in [6, 6.07) is 7.59. The van der Waals surface area contributed by atoms with E-state index < -0.39 is 0 Å². The number of nitrogens with one attached hydrogen (secondary N) is 1. The third-order valence-electron chi connectivity index (χ3n) is 2.25. The van der Waals surface area contributed by atoms with E-state index in [0.29, 0.717) is 11.4 Å². The van der Waals surface area contributed by atoms with Gasteiger partial charge in [-0.05, 0) is 17.7 Å². The molecule has 1 N–H and O–H groups in total. The number of benzene rings is 1. The summed E-state index contributed by atoms with van der Waals surface area (Å²) in [4.78, 5) is 11.2.